The fourth-order valence-electron chi connectivity index (χ4n) is 2.77. The van der Waals surface area contributed by atoms with Crippen LogP contribution in [0.15, 0.2) is 65.7 Å². The second kappa shape index (κ2) is 5.68. The molecule has 0 radical (unpaired) electrons. The molecule has 0 fully saturated rings. The lowest BCUT2D eigenvalue weighted by molar-refractivity contribution is -0.0375. The third-order valence-electron chi connectivity index (χ3n) is 3.99. The minimum Gasteiger partial charge on any atom is -0.463 e. The van der Waals surface area contributed by atoms with Gasteiger partial charge in [0.2, 0.25) is 5.90 Å². The molecule has 3 heteroatoms. The highest BCUT2D eigenvalue weighted by atomic mass is 19.1. The van der Waals surface area contributed by atoms with Crippen molar-refractivity contribution in [3.63, 3.8) is 0 Å². The first-order valence-electron chi connectivity index (χ1n) is 7.25. The summed E-state index contributed by atoms with van der Waals surface area (Å²) in [4.78, 5) is 4.27. The highest BCUT2D eigenvalue weighted by Gasteiger charge is 2.45. The summed E-state index contributed by atoms with van der Waals surface area (Å²) in [5, 5.41) is 0. The molecular weight excluding hydrogens is 265 g/mol. The summed E-state index contributed by atoms with van der Waals surface area (Å²) in [6.07, 6.45) is -0.582. The summed E-state index contributed by atoms with van der Waals surface area (Å²) >= 11 is 0. The van der Waals surface area contributed by atoms with Crippen LogP contribution in [0.5, 0.6) is 0 Å². The van der Waals surface area contributed by atoms with Gasteiger partial charge in [-0.2, -0.15) is 0 Å². The molecule has 0 saturated heterocycles. The average Bonchev–Trinajstić information content (AvgIpc) is 2.57. The molecule has 21 heavy (non-hydrogen) atoms. The van der Waals surface area contributed by atoms with Gasteiger partial charge in [-0.25, -0.2) is 9.38 Å². The van der Waals surface area contributed by atoms with E-state index in [1.165, 1.54) is 0 Å². The Balaban J connectivity index is 2.01. The lowest BCUT2D eigenvalue weighted by atomic mass is 9.85. The Labute approximate surface area is 124 Å². The zero-order valence-electron chi connectivity index (χ0n) is 12.0. The molecule has 2 nitrogen and oxygen atoms in total. The van der Waals surface area contributed by atoms with Crippen LogP contribution in [0, 0.1) is 0 Å². The van der Waals surface area contributed by atoms with Crippen LogP contribution in [-0.2, 0) is 10.3 Å². The molecule has 1 aliphatic heterocycles. The van der Waals surface area contributed by atoms with Crippen LogP contribution in [0.1, 0.15) is 24.5 Å². The van der Waals surface area contributed by atoms with Gasteiger partial charge >= 0.3 is 0 Å². The van der Waals surface area contributed by atoms with E-state index in [1.54, 1.807) is 0 Å². The van der Waals surface area contributed by atoms with Crippen LogP contribution in [-0.4, -0.2) is 18.6 Å². The van der Waals surface area contributed by atoms with Gasteiger partial charge in [-0.15, -0.1) is 0 Å². The van der Waals surface area contributed by atoms with E-state index in [0.29, 0.717) is 12.3 Å². The zero-order chi connectivity index (χ0) is 14.7. The van der Waals surface area contributed by atoms with Crippen molar-refractivity contribution in [1.82, 2.24) is 0 Å². The molecule has 1 heterocycles. The van der Waals surface area contributed by atoms with Gasteiger partial charge in [0.25, 0.3) is 0 Å². The predicted octanol–water partition coefficient (Wildman–Crippen LogP) is 4.11. The van der Waals surface area contributed by atoms with E-state index >= 15 is 0 Å². The lowest BCUT2D eigenvalue weighted by Gasteiger charge is -2.39. The second-order valence-corrected chi connectivity index (χ2v) is 5.19. The molecule has 0 bridgehead atoms. The molecular formula is C18H18FNO. The maximum absolute atomic E-state index is 14.6. The third-order valence-corrected chi connectivity index (χ3v) is 3.99. The average molecular weight is 283 g/mol. The number of rotatable bonds is 3. The van der Waals surface area contributed by atoms with Crippen LogP contribution in [0.2, 0.25) is 0 Å². The monoisotopic (exact) mass is 283 g/mol. The van der Waals surface area contributed by atoms with Gasteiger partial charge in [-0.3, -0.25) is 0 Å². The quantitative estimate of drug-likeness (QED) is 0.830. The van der Waals surface area contributed by atoms with Crippen LogP contribution < -0.4 is 0 Å². The van der Waals surface area contributed by atoms with Gasteiger partial charge in [0, 0.05) is 5.56 Å². The van der Waals surface area contributed by atoms with Crippen molar-refractivity contribution < 1.29 is 9.13 Å². The molecule has 0 saturated carbocycles. The van der Waals surface area contributed by atoms with Gasteiger partial charge in [-0.1, -0.05) is 55.5 Å². The minimum absolute atomic E-state index is 0.132. The molecule has 2 atom stereocenters. The maximum atomic E-state index is 14.6. The minimum atomic E-state index is -1.14. The molecule has 0 aromatic heterocycles. The Morgan fingerprint density at radius 3 is 2.33 bits per heavy atom. The Hall–Kier alpha value is -2.16. The van der Waals surface area contributed by atoms with Crippen LogP contribution in [0.4, 0.5) is 4.39 Å². The lowest BCUT2D eigenvalue weighted by Crippen LogP contribution is -2.46. The number of halogens is 1. The van der Waals surface area contributed by atoms with E-state index in [9.17, 15) is 4.39 Å². The highest BCUT2D eigenvalue weighted by molar-refractivity contribution is 5.94. The van der Waals surface area contributed by atoms with Crippen molar-refractivity contribution in [3.05, 3.63) is 71.8 Å². The van der Waals surface area contributed by atoms with Crippen LogP contribution in [0.3, 0.4) is 0 Å². The summed E-state index contributed by atoms with van der Waals surface area (Å²) < 4.78 is 20.7. The van der Waals surface area contributed by atoms with Crippen molar-refractivity contribution in [3.8, 4) is 0 Å². The molecule has 0 amide bonds. The Kier molecular flexibility index (Phi) is 3.74. The molecule has 1 aliphatic rings. The first-order chi connectivity index (χ1) is 10.3. The summed E-state index contributed by atoms with van der Waals surface area (Å²) in [6, 6.07) is 19.3. The fourth-order valence-corrected chi connectivity index (χ4v) is 2.77. The number of benzene rings is 2. The molecule has 3 rings (SSSR count). The zero-order valence-corrected chi connectivity index (χ0v) is 12.0. The van der Waals surface area contributed by atoms with E-state index in [2.05, 4.69) is 4.99 Å². The normalized spacial score (nSPS) is 25.0. The molecule has 108 valence electrons. The second-order valence-electron chi connectivity index (χ2n) is 5.19. The van der Waals surface area contributed by atoms with E-state index in [-0.39, 0.29) is 6.54 Å². The van der Waals surface area contributed by atoms with Crippen molar-refractivity contribution in [1.29, 1.82) is 0 Å². The standard InChI is InChI=1S/C18H18FNO/c1-2-18(15-11-7-4-8-12-15)16(19)13-20-17(21-18)14-9-5-3-6-10-14/h3-12,16H,2,13H2,1H3/t16-,18+/m1/s1. The van der Waals surface area contributed by atoms with Crippen molar-refractivity contribution in [2.75, 3.05) is 6.54 Å². The van der Waals surface area contributed by atoms with Gasteiger partial charge in [0.15, 0.2) is 11.8 Å². The summed E-state index contributed by atoms with van der Waals surface area (Å²) in [5.41, 5.74) is 0.801. The van der Waals surface area contributed by atoms with Crippen LogP contribution >= 0.6 is 0 Å². The van der Waals surface area contributed by atoms with Gasteiger partial charge in [0.05, 0.1) is 6.54 Å². The Bertz CT molecular complexity index is 626. The Morgan fingerprint density at radius 2 is 1.71 bits per heavy atom. The SMILES string of the molecule is CC[C@@]1(c2ccccc2)OC(c2ccccc2)=NC[C@H]1F. The van der Waals surface area contributed by atoms with Gasteiger partial charge < -0.3 is 4.74 Å². The molecule has 0 spiro atoms. The summed E-state index contributed by atoms with van der Waals surface area (Å²) in [5.74, 6) is 0.523. The van der Waals surface area contributed by atoms with Crippen molar-refractivity contribution in [2.45, 2.75) is 25.1 Å². The maximum Gasteiger partial charge on any atom is 0.217 e. The van der Waals surface area contributed by atoms with Gasteiger partial charge in [0.1, 0.15) is 0 Å². The number of ether oxygens (including phenoxy) is 1. The summed E-state index contributed by atoms with van der Waals surface area (Å²) in [6.45, 7) is 2.08. The highest BCUT2D eigenvalue weighted by Crippen LogP contribution is 2.38. The third kappa shape index (κ3) is 2.44. The van der Waals surface area contributed by atoms with E-state index in [0.717, 1.165) is 11.1 Å². The Morgan fingerprint density at radius 1 is 1.10 bits per heavy atom. The topological polar surface area (TPSA) is 21.6 Å². The van der Waals surface area contributed by atoms with Crippen molar-refractivity contribution in [2.24, 2.45) is 4.99 Å². The largest absolute Gasteiger partial charge is 0.463 e. The first-order valence-corrected chi connectivity index (χ1v) is 7.25. The molecule has 0 N–H and O–H groups in total. The fraction of sp³-hybridized carbons (Fsp3) is 0.278. The number of alkyl halides is 1. The molecule has 2 aromatic carbocycles. The van der Waals surface area contributed by atoms with Crippen LogP contribution in [0.25, 0.3) is 0 Å². The first kappa shape index (κ1) is 13.8. The number of hydrogen-bond acceptors (Lipinski definition) is 2. The number of nitrogens with zero attached hydrogens (tertiary/aromatic N) is 1. The van der Waals surface area contributed by atoms with E-state index in [4.69, 9.17) is 4.74 Å². The molecule has 0 aliphatic carbocycles. The number of hydrogen-bond donors (Lipinski definition) is 0. The van der Waals surface area contributed by atoms with Gasteiger partial charge in [-0.05, 0) is 24.1 Å². The van der Waals surface area contributed by atoms with E-state index < -0.39 is 11.8 Å². The van der Waals surface area contributed by atoms with Crippen molar-refractivity contribution >= 4 is 5.90 Å². The van der Waals surface area contributed by atoms with E-state index in [1.807, 2.05) is 67.6 Å². The molecule has 0 unspecified atom stereocenters. The number of aliphatic imine (C=N–C) groups is 1. The smallest absolute Gasteiger partial charge is 0.217 e. The predicted molar refractivity (Wildman–Crippen MR) is 82.2 cm³/mol. The molecule has 2 aromatic rings. The summed E-state index contributed by atoms with van der Waals surface area (Å²) in [7, 11) is 0.